The fourth-order valence-electron chi connectivity index (χ4n) is 3.37. The van der Waals surface area contributed by atoms with Crippen LogP contribution in [0.25, 0.3) is 0 Å². The molecule has 0 aromatic heterocycles. The minimum Gasteiger partial charge on any atom is -0.379 e. The van der Waals surface area contributed by atoms with Crippen LogP contribution < -0.4 is 5.73 Å². The van der Waals surface area contributed by atoms with Crippen molar-refractivity contribution in [3.05, 3.63) is 48.6 Å². The Bertz CT molecular complexity index is 665. The molecule has 7 nitrogen and oxygen atoms in total. The van der Waals surface area contributed by atoms with Crippen LogP contribution in [0.4, 0.5) is 0 Å². The van der Waals surface area contributed by atoms with Gasteiger partial charge in [-0.25, -0.2) is 4.57 Å². The van der Waals surface area contributed by atoms with Crippen LogP contribution in [-0.4, -0.2) is 50.6 Å². The number of phosphoric acid groups is 1. The molecule has 0 amide bonds. The van der Waals surface area contributed by atoms with Gasteiger partial charge in [0, 0.05) is 19.8 Å². The Balaban J connectivity index is 3.98. The predicted octanol–water partition coefficient (Wildman–Crippen LogP) is 7.82. The van der Waals surface area contributed by atoms with E-state index in [9.17, 15) is 9.46 Å². The third-order valence-corrected chi connectivity index (χ3v) is 6.55. The van der Waals surface area contributed by atoms with E-state index in [-0.39, 0.29) is 19.8 Å². The lowest BCUT2D eigenvalue weighted by molar-refractivity contribution is -0.0441. The Morgan fingerprint density at radius 3 is 1.92 bits per heavy atom. The molecule has 38 heavy (non-hydrogen) atoms. The molecular formula is C30H56NO6P. The fraction of sp³-hybridized carbons (Fsp3) is 0.733. The number of phosphoric ester groups is 1. The smallest absolute Gasteiger partial charge is 0.379 e. The molecule has 0 aliphatic heterocycles. The summed E-state index contributed by atoms with van der Waals surface area (Å²) in [7, 11) is -4.13. The van der Waals surface area contributed by atoms with E-state index >= 15 is 0 Å². The molecule has 8 heteroatoms. The van der Waals surface area contributed by atoms with Gasteiger partial charge in [-0.15, -0.1) is 0 Å². The van der Waals surface area contributed by atoms with Gasteiger partial charge in [-0.3, -0.25) is 9.05 Å². The maximum atomic E-state index is 11.9. The zero-order valence-electron chi connectivity index (χ0n) is 24.1. The highest BCUT2D eigenvalue weighted by Gasteiger charge is 2.23. The summed E-state index contributed by atoms with van der Waals surface area (Å²) in [5, 5.41) is 0. The Labute approximate surface area is 233 Å². The van der Waals surface area contributed by atoms with Crippen molar-refractivity contribution in [1.29, 1.82) is 0 Å². The molecule has 0 saturated carbocycles. The van der Waals surface area contributed by atoms with Gasteiger partial charge in [0.2, 0.25) is 0 Å². The number of hydrogen-bond donors (Lipinski definition) is 2. The molecule has 222 valence electrons. The van der Waals surface area contributed by atoms with E-state index in [4.69, 9.17) is 24.3 Å². The number of rotatable bonds is 28. The summed E-state index contributed by atoms with van der Waals surface area (Å²) >= 11 is 0. The number of allylic oxidation sites excluding steroid dienone is 8. The van der Waals surface area contributed by atoms with Crippen molar-refractivity contribution in [3.8, 4) is 0 Å². The van der Waals surface area contributed by atoms with Crippen LogP contribution in [0, 0.1) is 0 Å². The van der Waals surface area contributed by atoms with E-state index in [1.54, 1.807) is 0 Å². The van der Waals surface area contributed by atoms with Crippen LogP contribution in [0.5, 0.6) is 0 Å². The first-order valence-electron chi connectivity index (χ1n) is 14.7. The molecule has 0 rings (SSSR count). The van der Waals surface area contributed by atoms with Crippen LogP contribution >= 0.6 is 7.82 Å². The second-order valence-electron chi connectivity index (χ2n) is 9.25. The topological polar surface area (TPSA) is 100 Å². The molecule has 0 spiro atoms. The lowest BCUT2D eigenvalue weighted by Crippen LogP contribution is -2.26. The highest BCUT2D eigenvalue weighted by Crippen LogP contribution is 2.43. The normalized spacial score (nSPS) is 14.9. The van der Waals surface area contributed by atoms with Crippen molar-refractivity contribution >= 4 is 7.82 Å². The molecule has 0 aromatic rings. The van der Waals surface area contributed by atoms with Gasteiger partial charge < -0.3 is 20.1 Å². The average Bonchev–Trinajstić information content (AvgIpc) is 2.91. The zero-order chi connectivity index (χ0) is 28.0. The minimum atomic E-state index is -4.13. The van der Waals surface area contributed by atoms with Crippen LogP contribution in [0.1, 0.15) is 97.3 Å². The van der Waals surface area contributed by atoms with Crippen molar-refractivity contribution in [3.63, 3.8) is 0 Å². The van der Waals surface area contributed by atoms with Crippen molar-refractivity contribution in [1.82, 2.24) is 0 Å². The molecule has 2 atom stereocenters. The lowest BCUT2D eigenvalue weighted by atomic mass is 10.2. The van der Waals surface area contributed by atoms with Crippen LogP contribution in [0.15, 0.2) is 48.6 Å². The van der Waals surface area contributed by atoms with Gasteiger partial charge >= 0.3 is 7.82 Å². The highest BCUT2D eigenvalue weighted by molar-refractivity contribution is 7.47. The summed E-state index contributed by atoms with van der Waals surface area (Å²) in [6.45, 7) is 5.92. The van der Waals surface area contributed by atoms with Crippen molar-refractivity contribution in [2.24, 2.45) is 5.73 Å². The third-order valence-electron chi connectivity index (χ3n) is 5.57. The number of hydrogen-bond acceptors (Lipinski definition) is 6. The Morgan fingerprint density at radius 2 is 1.34 bits per heavy atom. The molecule has 0 radical (unpaired) electrons. The summed E-state index contributed by atoms with van der Waals surface area (Å²) in [4.78, 5) is 9.71. The van der Waals surface area contributed by atoms with E-state index in [1.165, 1.54) is 25.7 Å². The van der Waals surface area contributed by atoms with Gasteiger partial charge in [0.25, 0.3) is 0 Å². The van der Waals surface area contributed by atoms with Crippen molar-refractivity contribution in [2.45, 2.75) is 103 Å². The lowest BCUT2D eigenvalue weighted by Gasteiger charge is -2.20. The largest absolute Gasteiger partial charge is 0.472 e. The maximum Gasteiger partial charge on any atom is 0.472 e. The molecule has 0 aliphatic rings. The van der Waals surface area contributed by atoms with Gasteiger partial charge in [0.05, 0.1) is 19.8 Å². The van der Waals surface area contributed by atoms with E-state index in [1.807, 2.05) is 0 Å². The second-order valence-corrected chi connectivity index (χ2v) is 10.7. The molecular weight excluding hydrogens is 503 g/mol. The van der Waals surface area contributed by atoms with Gasteiger partial charge in [-0.2, -0.15) is 0 Å². The van der Waals surface area contributed by atoms with Gasteiger partial charge in [0.15, 0.2) is 0 Å². The molecule has 0 fully saturated rings. The van der Waals surface area contributed by atoms with Crippen molar-refractivity contribution in [2.75, 3.05) is 39.6 Å². The van der Waals surface area contributed by atoms with Crippen LogP contribution in [-0.2, 0) is 23.1 Å². The van der Waals surface area contributed by atoms with Crippen LogP contribution in [0.2, 0.25) is 0 Å². The van der Waals surface area contributed by atoms with Gasteiger partial charge in [-0.05, 0) is 57.8 Å². The SMILES string of the molecule is CCCCC/C=C\C/C=C\C/C=C\C/C=C\CCCCO[C@H](CO[14CH2]CCCC)COP(=O)(O)OCCN. The molecule has 3 N–H and O–H groups in total. The average molecular weight is 560 g/mol. The van der Waals surface area contributed by atoms with E-state index in [0.29, 0.717) is 19.8 Å². The molecule has 1 unspecified atom stereocenters. The van der Waals surface area contributed by atoms with Gasteiger partial charge in [0.1, 0.15) is 6.10 Å². The summed E-state index contributed by atoms with van der Waals surface area (Å²) < 4.78 is 33.3. The summed E-state index contributed by atoms with van der Waals surface area (Å²) in [5.41, 5.74) is 5.31. The maximum absolute atomic E-state index is 11.9. The standard InChI is InChI=1S/C30H56NO6P/c1-3-5-7-8-9-10-11-12-13-14-15-16-17-18-19-20-21-23-26-35-30(28-34-25-22-6-4-2)29-37-38(32,33)36-27-24-31/h9-10,12-13,15-16,18-19,30H,3-8,11,14,17,20-29,31H2,1-2H3,(H,32,33)/b10-9-,13-12-,16-15-,19-18-/t30-/m1/s1/i25+2. The second kappa shape index (κ2) is 28.9. The number of nitrogens with two attached hydrogens (primary N) is 1. The molecule has 0 aromatic carbocycles. The first-order chi connectivity index (χ1) is 18.6. The Kier molecular flexibility index (Phi) is 28.1. The van der Waals surface area contributed by atoms with Crippen LogP contribution in [0.3, 0.4) is 0 Å². The molecule has 0 bridgehead atoms. The van der Waals surface area contributed by atoms with E-state index in [2.05, 4.69) is 62.5 Å². The first-order valence-corrected chi connectivity index (χ1v) is 16.2. The summed E-state index contributed by atoms with van der Waals surface area (Å²) in [5.74, 6) is 0. The van der Waals surface area contributed by atoms with Crippen molar-refractivity contribution < 1.29 is 28.0 Å². The molecule has 0 saturated heterocycles. The Morgan fingerprint density at radius 1 is 0.763 bits per heavy atom. The summed E-state index contributed by atoms with van der Waals surface area (Å²) in [6, 6.07) is 0. The Hall–Kier alpha value is -1.05. The van der Waals surface area contributed by atoms with Gasteiger partial charge in [-0.1, -0.05) is 88.1 Å². The van der Waals surface area contributed by atoms with E-state index in [0.717, 1.165) is 57.8 Å². The predicted molar refractivity (Wildman–Crippen MR) is 159 cm³/mol. The zero-order valence-corrected chi connectivity index (χ0v) is 25.0. The fourth-order valence-corrected chi connectivity index (χ4v) is 4.14. The molecule has 0 heterocycles. The number of ether oxygens (including phenoxy) is 2. The third kappa shape index (κ3) is 28.0. The highest BCUT2D eigenvalue weighted by atomic mass is 31.2. The number of unbranched alkanes of at least 4 members (excludes halogenated alkanes) is 7. The van der Waals surface area contributed by atoms with E-state index < -0.39 is 13.9 Å². The monoisotopic (exact) mass is 559 g/mol. The first kappa shape index (κ1) is 37.0. The minimum absolute atomic E-state index is 0.0374. The quantitative estimate of drug-likeness (QED) is 0.0573. The summed E-state index contributed by atoms with van der Waals surface area (Å²) in [6.07, 6.45) is 31.6. The molecule has 0 aliphatic carbocycles.